The second-order valence-electron chi connectivity index (χ2n) is 3.78. The van der Waals surface area contributed by atoms with E-state index in [1.807, 2.05) is 0 Å². The van der Waals surface area contributed by atoms with Gasteiger partial charge in [0.15, 0.2) is 0 Å². The van der Waals surface area contributed by atoms with Crippen molar-refractivity contribution in [3.63, 3.8) is 0 Å². The van der Waals surface area contributed by atoms with Crippen LogP contribution in [-0.4, -0.2) is 11.8 Å². The van der Waals surface area contributed by atoms with E-state index in [4.69, 9.17) is 11.6 Å². The summed E-state index contributed by atoms with van der Waals surface area (Å²) < 4.78 is 0. The monoisotopic (exact) mass is 274 g/mol. The first kappa shape index (κ1) is 13.1. The third-order valence-corrected chi connectivity index (χ3v) is 2.65. The number of rotatable bonds is 2. The Bertz CT molecular complexity index is 599. The number of benzene rings is 2. The molecule has 0 aliphatic rings. The zero-order valence-electron chi connectivity index (χ0n) is 9.89. The zero-order chi connectivity index (χ0) is 13.7. The van der Waals surface area contributed by atoms with E-state index in [0.717, 1.165) is 0 Å². The fourth-order valence-electron chi connectivity index (χ4n) is 1.48. The van der Waals surface area contributed by atoms with E-state index in [0.29, 0.717) is 16.1 Å². The molecule has 2 aromatic rings. The molecule has 2 N–H and O–H groups in total. The Hall–Kier alpha value is -2.33. The first-order valence-corrected chi connectivity index (χ1v) is 5.96. The largest absolute Gasteiger partial charge is 0.269 e. The molecule has 2 rings (SSSR count). The molecule has 0 saturated carbocycles. The number of nitrogens with one attached hydrogen (secondary N) is 2. The molecule has 2 aromatic carbocycles. The summed E-state index contributed by atoms with van der Waals surface area (Å²) >= 11 is 5.78. The third-order valence-electron chi connectivity index (χ3n) is 2.41. The van der Waals surface area contributed by atoms with Gasteiger partial charge in [-0.15, -0.1) is 0 Å². The lowest BCUT2D eigenvalue weighted by Gasteiger charge is -2.07. The van der Waals surface area contributed by atoms with Crippen molar-refractivity contribution in [1.29, 1.82) is 0 Å². The van der Waals surface area contributed by atoms with Crippen LogP contribution in [0.15, 0.2) is 54.6 Å². The van der Waals surface area contributed by atoms with Crippen LogP contribution in [0.1, 0.15) is 20.7 Å². The van der Waals surface area contributed by atoms with Crippen molar-refractivity contribution in [2.45, 2.75) is 0 Å². The highest BCUT2D eigenvalue weighted by molar-refractivity contribution is 6.30. The second-order valence-corrected chi connectivity index (χ2v) is 4.22. The molecule has 0 aromatic heterocycles. The topological polar surface area (TPSA) is 58.2 Å². The summed E-state index contributed by atoms with van der Waals surface area (Å²) in [5.41, 5.74) is 5.50. The maximum atomic E-state index is 11.7. The van der Waals surface area contributed by atoms with Crippen molar-refractivity contribution in [2.24, 2.45) is 0 Å². The van der Waals surface area contributed by atoms with E-state index in [-0.39, 0.29) is 5.91 Å². The normalized spacial score (nSPS) is 9.74. The summed E-state index contributed by atoms with van der Waals surface area (Å²) in [6, 6.07) is 15.1. The van der Waals surface area contributed by atoms with Crippen LogP contribution in [0.3, 0.4) is 0 Å². The maximum absolute atomic E-state index is 11.7. The van der Waals surface area contributed by atoms with Crippen LogP contribution in [-0.2, 0) is 0 Å². The molecule has 0 saturated heterocycles. The van der Waals surface area contributed by atoms with Gasteiger partial charge in [0.2, 0.25) is 0 Å². The Morgan fingerprint density at radius 3 is 2.00 bits per heavy atom. The summed E-state index contributed by atoms with van der Waals surface area (Å²) in [5.74, 6) is -0.803. The first-order valence-electron chi connectivity index (χ1n) is 5.58. The highest BCUT2D eigenvalue weighted by Gasteiger charge is 2.08. The van der Waals surface area contributed by atoms with Gasteiger partial charge in [-0.1, -0.05) is 35.9 Å². The lowest BCUT2D eigenvalue weighted by atomic mass is 10.2. The van der Waals surface area contributed by atoms with Crippen molar-refractivity contribution in [3.8, 4) is 0 Å². The minimum absolute atomic E-state index is 0.376. The number of hydrazine groups is 1. The standard InChI is InChI=1S/C14H11ClN2O2/c15-12-8-4-7-11(9-12)14(19)17-16-13(18)10-5-2-1-3-6-10/h1-9H,(H,16,18)(H,17,19). The van der Waals surface area contributed by atoms with E-state index < -0.39 is 5.91 Å². The number of amides is 2. The van der Waals surface area contributed by atoms with Gasteiger partial charge in [-0.2, -0.15) is 0 Å². The Morgan fingerprint density at radius 1 is 0.789 bits per heavy atom. The number of halogens is 1. The van der Waals surface area contributed by atoms with Crippen LogP contribution in [0.25, 0.3) is 0 Å². The van der Waals surface area contributed by atoms with Crippen molar-refractivity contribution >= 4 is 23.4 Å². The molecule has 0 atom stereocenters. The number of carbonyl (C=O) groups is 2. The molecule has 19 heavy (non-hydrogen) atoms. The fourth-order valence-corrected chi connectivity index (χ4v) is 1.67. The van der Waals surface area contributed by atoms with Crippen molar-refractivity contribution in [1.82, 2.24) is 10.9 Å². The van der Waals surface area contributed by atoms with Gasteiger partial charge in [-0.05, 0) is 30.3 Å². The van der Waals surface area contributed by atoms with Gasteiger partial charge in [-0.3, -0.25) is 20.4 Å². The molecule has 5 heteroatoms. The predicted molar refractivity (Wildman–Crippen MR) is 72.8 cm³/mol. The lowest BCUT2D eigenvalue weighted by Crippen LogP contribution is -2.41. The predicted octanol–water partition coefficient (Wildman–Crippen LogP) is 2.41. The van der Waals surface area contributed by atoms with Crippen LogP contribution < -0.4 is 10.9 Å². The lowest BCUT2D eigenvalue weighted by molar-refractivity contribution is 0.0846. The van der Waals surface area contributed by atoms with E-state index in [1.165, 1.54) is 6.07 Å². The SMILES string of the molecule is O=C(NNC(=O)c1cccc(Cl)c1)c1ccccc1. The van der Waals surface area contributed by atoms with E-state index in [2.05, 4.69) is 10.9 Å². The van der Waals surface area contributed by atoms with Crippen molar-refractivity contribution in [2.75, 3.05) is 0 Å². The zero-order valence-corrected chi connectivity index (χ0v) is 10.6. The number of hydrogen-bond acceptors (Lipinski definition) is 2. The van der Waals surface area contributed by atoms with E-state index in [9.17, 15) is 9.59 Å². The van der Waals surface area contributed by atoms with Gasteiger partial charge in [0.1, 0.15) is 0 Å². The molecule has 96 valence electrons. The summed E-state index contributed by atoms with van der Waals surface area (Å²) in [5, 5.41) is 0.460. The van der Waals surface area contributed by atoms with Gasteiger partial charge in [0.25, 0.3) is 11.8 Å². The van der Waals surface area contributed by atoms with Gasteiger partial charge < -0.3 is 0 Å². The van der Waals surface area contributed by atoms with Crippen LogP contribution >= 0.6 is 11.6 Å². The second kappa shape index (κ2) is 6.02. The smallest absolute Gasteiger partial charge is 0.267 e. The summed E-state index contributed by atoms with van der Waals surface area (Å²) in [6.07, 6.45) is 0. The van der Waals surface area contributed by atoms with E-state index >= 15 is 0 Å². The molecule has 0 unspecified atom stereocenters. The highest BCUT2D eigenvalue weighted by Crippen LogP contribution is 2.10. The molecule has 4 nitrogen and oxygen atoms in total. The summed E-state index contributed by atoms with van der Waals surface area (Å²) in [6.45, 7) is 0. The Labute approximate surface area is 115 Å². The minimum Gasteiger partial charge on any atom is -0.267 e. The fraction of sp³-hybridized carbons (Fsp3) is 0. The van der Waals surface area contributed by atoms with Crippen molar-refractivity contribution in [3.05, 3.63) is 70.7 Å². The molecule has 0 spiro atoms. The molecule has 0 fully saturated rings. The van der Waals surface area contributed by atoms with Gasteiger partial charge in [0, 0.05) is 16.1 Å². The van der Waals surface area contributed by atoms with Gasteiger partial charge in [0.05, 0.1) is 0 Å². The average molecular weight is 275 g/mol. The Balaban J connectivity index is 1.96. The summed E-state index contributed by atoms with van der Waals surface area (Å²) in [4.78, 5) is 23.4. The van der Waals surface area contributed by atoms with Crippen LogP contribution in [0.2, 0.25) is 5.02 Å². The van der Waals surface area contributed by atoms with Gasteiger partial charge >= 0.3 is 0 Å². The Morgan fingerprint density at radius 2 is 1.37 bits per heavy atom. The molecular weight excluding hydrogens is 264 g/mol. The van der Waals surface area contributed by atoms with Crippen LogP contribution in [0.4, 0.5) is 0 Å². The molecule has 0 aliphatic carbocycles. The number of hydrogen-bond donors (Lipinski definition) is 2. The minimum atomic E-state index is -0.424. The molecule has 0 aliphatic heterocycles. The van der Waals surface area contributed by atoms with Crippen LogP contribution in [0, 0.1) is 0 Å². The average Bonchev–Trinajstić information content (AvgIpc) is 2.45. The highest BCUT2D eigenvalue weighted by atomic mass is 35.5. The van der Waals surface area contributed by atoms with E-state index in [1.54, 1.807) is 48.5 Å². The molecule has 2 amide bonds. The van der Waals surface area contributed by atoms with Crippen molar-refractivity contribution < 1.29 is 9.59 Å². The Kier molecular flexibility index (Phi) is 4.15. The molecule has 0 radical (unpaired) electrons. The molecular formula is C14H11ClN2O2. The van der Waals surface area contributed by atoms with Gasteiger partial charge in [-0.25, -0.2) is 0 Å². The van der Waals surface area contributed by atoms with Crippen LogP contribution in [0.5, 0.6) is 0 Å². The quantitative estimate of drug-likeness (QED) is 0.826. The third kappa shape index (κ3) is 3.56. The maximum Gasteiger partial charge on any atom is 0.269 e. The summed E-state index contributed by atoms with van der Waals surface area (Å²) in [7, 11) is 0. The number of carbonyl (C=O) groups excluding carboxylic acids is 2. The molecule has 0 heterocycles. The first-order chi connectivity index (χ1) is 9.16. The molecule has 0 bridgehead atoms.